The first-order chi connectivity index (χ1) is 13.4. The molecule has 9 nitrogen and oxygen atoms in total. The maximum atomic E-state index is 10.0. The number of nitrogen functional groups attached to an aromatic ring is 1. The summed E-state index contributed by atoms with van der Waals surface area (Å²) in [5.41, 5.74) is 6.48. The molecular weight excluding hydrogens is 364 g/mol. The molecule has 2 aromatic rings. The van der Waals surface area contributed by atoms with Crippen LogP contribution in [0.3, 0.4) is 0 Å². The predicted octanol–water partition coefficient (Wildman–Crippen LogP) is 0.710. The lowest BCUT2D eigenvalue weighted by molar-refractivity contribution is -0.178. The van der Waals surface area contributed by atoms with E-state index in [0.717, 1.165) is 12.8 Å². The van der Waals surface area contributed by atoms with Crippen LogP contribution in [0.5, 0.6) is 11.5 Å². The standard InChI is InChI=1S/C19H26N4O5/c1-26-15-7-11-12(8-16(15)27-2)21-18(22-17(11)20)23-5-3-19(4-6-23)9-13(24)14(25)10-28-19/h7-8,13-14,24-25H,3-6,9-10H2,1-2H3,(H2,20,21,22)/t13-,14+/m1/s1. The predicted molar refractivity (Wildman–Crippen MR) is 104 cm³/mol. The zero-order valence-electron chi connectivity index (χ0n) is 16.1. The quantitative estimate of drug-likeness (QED) is 0.695. The van der Waals surface area contributed by atoms with Crippen molar-refractivity contribution in [1.29, 1.82) is 0 Å². The third kappa shape index (κ3) is 3.30. The van der Waals surface area contributed by atoms with Gasteiger partial charge in [0.05, 0.1) is 38.0 Å². The van der Waals surface area contributed by atoms with Gasteiger partial charge in [-0.15, -0.1) is 0 Å². The Bertz CT molecular complexity index is 869. The Morgan fingerprint density at radius 2 is 1.79 bits per heavy atom. The van der Waals surface area contributed by atoms with E-state index in [4.69, 9.17) is 19.9 Å². The summed E-state index contributed by atoms with van der Waals surface area (Å²) in [6.45, 7) is 1.53. The Kier molecular flexibility index (Phi) is 4.90. The highest BCUT2D eigenvalue weighted by molar-refractivity contribution is 5.91. The molecule has 4 rings (SSSR count). The first kappa shape index (κ1) is 19.0. The molecule has 0 radical (unpaired) electrons. The molecule has 2 aliphatic heterocycles. The second kappa shape index (κ2) is 7.23. The van der Waals surface area contributed by atoms with Crippen molar-refractivity contribution in [2.75, 3.05) is 44.5 Å². The molecule has 0 saturated carbocycles. The van der Waals surface area contributed by atoms with Crippen molar-refractivity contribution in [2.45, 2.75) is 37.1 Å². The number of aliphatic hydroxyl groups excluding tert-OH is 2. The van der Waals surface area contributed by atoms with Gasteiger partial charge in [0.1, 0.15) is 11.9 Å². The number of benzene rings is 1. The van der Waals surface area contributed by atoms with Crippen LogP contribution in [0.25, 0.3) is 10.9 Å². The molecule has 2 fully saturated rings. The van der Waals surface area contributed by atoms with Gasteiger partial charge < -0.3 is 35.1 Å². The van der Waals surface area contributed by atoms with Crippen LogP contribution in [0.4, 0.5) is 11.8 Å². The van der Waals surface area contributed by atoms with E-state index in [2.05, 4.69) is 14.9 Å². The average molecular weight is 390 g/mol. The van der Waals surface area contributed by atoms with Gasteiger partial charge >= 0.3 is 0 Å². The van der Waals surface area contributed by atoms with E-state index in [1.807, 2.05) is 0 Å². The second-order valence-corrected chi connectivity index (χ2v) is 7.45. The Hall–Kier alpha value is -2.36. The number of methoxy groups -OCH3 is 2. The molecule has 0 aliphatic carbocycles. The summed E-state index contributed by atoms with van der Waals surface area (Å²) in [6, 6.07) is 3.57. The maximum Gasteiger partial charge on any atom is 0.227 e. The first-order valence-electron chi connectivity index (χ1n) is 9.39. The van der Waals surface area contributed by atoms with Crippen molar-refractivity contribution < 1.29 is 24.4 Å². The number of aliphatic hydroxyl groups is 2. The van der Waals surface area contributed by atoms with Crippen LogP contribution in [0, 0.1) is 0 Å². The van der Waals surface area contributed by atoms with Gasteiger partial charge in [-0.05, 0) is 18.9 Å². The van der Waals surface area contributed by atoms with Crippen molar-refractivity contribution in [2.24, 2.45) is 0 Å². The molecule has 152 valence electrons. The number of nitrogens with zero attached hydrogens (tertiary/aromatic N) is 3. The molecule has 28 heavy (non-hydrogen) atoms. The molecule has 0 bridgehead atoms. The molecule has 2 saturated heterocycles. The highest BCUT2D eigenvalue weighted by Crippen LogP contribution is 2.37. The van der Waals surface area contributed by atoms with Gasteiger partial charge in [0.15, 0.2) is 11.5 Å². The molecule has 0 amide bonds. The monoisotopic (exact) mass is 390 g/mol. The maximum absolute atomic E-state index is 10.0. The van der Waals surface area contributed by atoms with E-state index in [0.29, 0.717) is 53.7 Å². The summed E-state index contributed by atoms with van der Waals surface area (Å²) < 4.78 is 16.6. The largest absolute Gasteiger partial charge is 0.493 e. The lowest BCUT2D eigenvalue weighted by Crippen LogP contribution is -2.54. The Morgan fingerprint density at radius 1 is 1.11 bits per heavy atom. The van der Waals surface area contributed by atoms with Crippen LogP contribution < -0.4 is 20.1 Å². The fourth-order valence-corrected chi connectivity index (χ4v) is 4.02. The van der Waals surface area contributed by atoms with Crippen molar-refractivity contribution in [1.82, 2.24) is 9.97 Å². The van der Waals surface area contributed by atoms with E-state index in [1.54, 1.807) is 26.4 Å². The molecule has 3 heterocycles. The lowest BCUT2D eigenvalue weighted by atomic mass is 9.82. The molecule has 1 spiro atoms. The number of rotatable bonds is 3. The molecule has 1 aromatic heterocycles. The summed E-state index contributed by atoms with van der Waals surface area (Å²) in [7, 11) is 3.15. The SMILES string of the molecule is COc1cc2nc(N3CCC4(CC3)C[C@@H](O)[C@@H](O)CO4)nc(N)c2cc1OC. The molecule has 1 aromatic carbocycles. The van der Waals surface area contributed by atoms with Crippen LogP contribution in [-0.2, 0) is 4.74 Å². The highest BCUT2D eigenvalue weighted by atomic mass is 16.5. The van der Waals surface area contributed by atoms with Crippen LogP contribution in [-0.4, -0.2) is 71.9 Å². The number of piperidine rings is 1. The molecule has 2 aliphatic rings. The normalized spacial score (nSPS) is 24.5. The number of hydrogen-bond acceptors (Lipinski definition) is 9. The van der Waals surface area contributed by atoms with Crippen LogP contribution in [0.2, 0.25) is 0 Å². The molecular formula is C19H26N4O5. The number of ether oxygens (including phenoxy) is 3. The fraction of sp³-hybridized carbons (Fsp3) is 0.579. The summed E-state index contributed by atoms with van der Waals surface area (Å²) in [4.78, 5) is 11.2. The minimum atomic E-state index is -0.806. The number of aromatic nitrogens is 2. The number of anilines is 2. The summed E-state index contributed by atoms with van der Waals surface area (Å²) >= 11 is 0. The van der Waals surface area contributed by atoms with Crippen molar-refractivity contribution in [3.05, 3.63) is 12.1 Å². The molecule has 0 unspecified atom stereocenters. The zero-order chi connectivity index (χ0) is 19.9. The lowest BCUT2D eigenvalue weighted by Gasteiger charge is -2.46. The van der Waals surface area contributed by atoms with Gasteiger partial charge in [0.25, 0.3) is 0 Å². The van der Waals surface area contributed by atoms with E-state index in [1.165, 1.54) is 0 Å². The minimum absolute atomic E-state index is 0.169. The third-order valence-corrected chi connectivity index (χ3v) is 5.76. The van der Waals surface area contributed by atoms with Gasteiger partial charge in [-0.1, -0.05) is 0 Å². The van der Waals surface area contributed by atoms with Gasteiger partial charge in [-0.25, -0.2) is 4.98 Å². The summed E-state index contributed by atoms with van der Waals surface area (Å²) in [5, 5.41) is 20.4. The van der Waals surface area contributed by atoms with Crippen LogP contribution >= 0.6 is 0 Å². The van der Waals surface area contributed by atoms with E-state index in [-0.39, 0.29) is 6.61 Å². The third-order valence-electron chi connectivity index (χ3n) is 5.76. The smallest absolute Gasteiger partial charge is 0.227 e. The summed E-state index contributed by atoms with van der Waals surface area (Å²) in [5.74, 6) is 2.10. The van der Waals surface area contributed by atoms with E-state index in [9.17, 15) is 10.2 Å². The van der Waals surface area contributed by atoms with Crippen molar-refractivity contribution >= 4 is 22.7 Å². The van der Waals surface area contributed by atoms with Crippen molar-refractivity contribution in [3.8, 4) is 11.5 Å². The topological polar surface area (TPSA) is 123 Å². The fourth-order valence-electron chi connectivity index (χ4n) is 4.02. The van der Waals surface area contributed by atoms with Crippen molar-refractivity contribution in [3.63, 3.8) is 0 Å². The van der Waals surface area contributed by atoms with Gasteiger partial charge in [-0.2, -0.15) is 4.98 Å². The molecule has 9 heteroatoms. The highest BCUT2D eigenvalue weighted by Gasteiger charge is 2.43. The Morgan fingerprint density at radius 3 is 2.43 bits per heavy atom. The average Bonchev–Trinajstić information content (AvgIpc) is 2.70. The summed E-state index contributed by atoms with van der Waals surface area (Å²) in [6.07, 6.45) is 0.350. The minimum Gasteiger partial charge on any atom is -0.493 e. The van der Waals surface area contributed by atoms with Gasteiger partial charge in [0, 0.05) is 31.0 Å². The zero-order valence-corrected chi connectivity index (χ0v) is 16.1. The molecule has 2 atom stereocenters. The Balaban J connectivity index is 1.57. The number of hydrogen-bond donors (Lipinski definition) is 3. The molecule has 4 N–H and O–H groups in total. The van der Waals surface area contributed by atoms with Gasteiger partial charge in [-0.3, -0.25) is 0 Å². The first-order valence-corrected chi connectivity index (χ1v) is 9.39. The van der Waals surface area contributed by atoms with E-state index < -0.39 is 17.8 Å². The van der Waals surface area contributed by atoms with Crippen LogP contribution in [0.1, 0.15) is 19.3 Å². The van der Waals surface area contributed by atoms with Crippen LogP contribution in [0.15, 0.2) is 12.1 Å². The van der Waals surface area contributed by atoms with Gasteiger partial charge in [0.2, 0.25) is 5.95 Å². The number of fused-ring (bicyclic) bond motifs is 1. The van der Waals surface area contributed by atoms with E-state index >= 15 is 0 Å². The number of nitrogens with two attached hydrogens (primary N) is 1. The second-order valence-electron chi connectivity index (χ2n) is 7.45. The Labute approximate surface area is 163 Å².